The summed E-state index contributed by atoms with van der Waals surface area (Å²) in [5.74, 6) is 1.36. The normalized spacial score (nSPS) is 17.6. The maximum atomic E-state index is 12.5. The van der Waals surface area contributed by atoms with E-state index < -0.39 is 0 Å². The van der Waals surface area contributed by atoms with Crippen molar-refractivity contribution >= 4 is 21.8 Å². The van der Waals surface area contributed by atoms with Crippen LogP contribution < -0.4 is 5.32 Å². The first kappa shape index (κ1) is 21.0. The van der Waals surface area contributed by atoms with Crippen molar-refractivity contribution in [2.75, 3.05) is 19.6 Å². The Hall–Kier alpha value is -1.73. The molecule has 0 aliphatic carbocycles. The molecular formula is C21H29BrN4O2. The van der Waals surface area contributed by atoms with Crippen LogP contribution in [0.1, 0.15) is 51.3 Å². The summed E-state index contributed by atoms with van der Waals surface area (Å²) in [6, 6.07) is 7.80. The number of benzene rings is 1. The smallest absolute Gasteiger partial charge is 0.247 e. The first-order valence-electron chi connectivity index (χ1n) is 10.2. The van der Waals surface area contributed by atoms with Gasteiger partial charge in [-0.15, -0.1) is 10.2 Å². The lowest BCUT2D eigenvalue weighted by atomic mass is 9.97. The van der Waals surface area contributed by atoms with E-state index >= 15 is 0 Å². The highest BCUT2D eigenvalue weighted by atomic mass is 79.9. The molecule has 0 radical (unpaired) electrons. The Bertz CT molecular complexity index is 747. The van der Waals surface area contributed by atoms with Crippen molar-refractivity contribution < 1.29 is 9.21 Å². The fourth-order valence-electron chi connectivity index (χ4n) is 3.54. The molecule has 1 atom stereocenters. The first-order chi connectivity index (χ1) is 13.7. The third kappa shape index (κ3) is 6.14. The molecule has 0 spiro atoms. The third-order valence-electron chi connectivity index (χ3n) is 5.12. The quantitative estimate of drug-likeness (QED) is 0.575. The van der Waals surface area contributed by atoms with Crippen LogP contribution in [0, 0.1) is 5.92 Å². The van der Waals surface area contributed by atoms with Gasteiger partial charge in [0.2, 0.25) is 17.7 Å². The second-order valence-electron chi connectivity index (χ2n) is 7.43. The molecule has 1 fully saturated rings. The molecule has 28 heavy (non-hydrogen) atoms. The largest absolute Gasteiger partial charge is 0.419 e. The van der Waals surface area contributed by atoms with Gasteiger partial charge in [-0.3, -0.25) is 9.69 Å². The summed E-state index contributed by atoms with van der Waals surface area (Å²) >= 11 is 3.43. The lowest BCUT2D eigenvalue weighted by Crippen LogP contribution is -2.42. The number of nitrogens with zero attached hydrogens (tertiary/aromatic N) is 3. The molecule has 1 unspecified atom stereocenters. The van der Waals surface area contributed by atoms with E-state index in [4.69, 9.17) is 4.42 Å². The van der Waals surface area contributed by atoms with Gasteiger partial charge in [-0.05, 0) is 50.1 Å². The van der Waals surface area contributed by atoms with E-state index in [0.717, 1.165) is 48.9 Å². The van der Waals surface area contributed by atoms with Crippen LogP contribution in [-0.4, -0.2) is 40.6 Å². The Morgan fingerprint density at radius 1 is 1.25 bits per heavy atom. The van der Waals surface area contributed by atoms with Crippen LogP contribution in [0.25, 0.3) is 11.5 Å². The van der Waals surface area contributed by atoms with Gasteiger partial charge in [-0.2, -0.15) is 0 Å². The lowest BCUT2D eigenvalue weighted by molar-refractivity contribution is -0.126. The highest BCUT2D eigenvalue weighted by Gasteiger charge is 2.26. The van der Waals surface area contributed by atoms with Crippen molar-refractivity contribution in [3.8, 4) is 11.5 Å². The first-order valence-corrected chi connectivity index (χ1v) is 11.0. The van der Waals surface area contributed by atoms with Gasteiger partial charge in [-0.25, -0.2) is 0 Å². The number of piperidine rings is 1. The van der Waals surface area contributed by atoms with Crippen molar-refractivity contribution in [3.63, 3.8) is 0 Å². The van der Waals surface area contributed by atoms with Gasteiger partial charge in [0.1, 0.15) is 0 Å². The van der Waals surface area contributed by atoms with Crippen LogP contribution in [0.4, 0.5) is 0 Å². The maximum absolute atomic E-state index is 12.5. The van der Waals surface area contributed by atoms with E-state index in [1.165, 1.54) is 19.3 Å². The molecule has 1 aliphatic heterocycles. The van der Waals surface area contributed by atoms with Crippen LogP contribution >= 0.6 is 15.9 Å². The van der Waals surface area contributed by atoms with Gasteiger partial charge in [0, 0.05) is 23.1 Å². The van der Waals surface area contributed by atoms with Crippen LogP contribution in [0.2, 0.25) is 0 Å². The molecule has 1 amide bonds. The topological polar surface area (TPSA) is 71.3 Å². The predicted octanol–water partition coefficient (Wildman–Crippen LogP) is 4.41. The number of halogens is 1. The highest BCUT2D eigenvalue weighted by Crippen LogP contribution is 2.22. The molecular weight excluding hydrogens is 420 g/mol. The van der Waals surface area contributed by atoms with Gasteiger partial charge in [0.25, 0.3) is 0 Å². The molecule has 2 aromatic rings. The number of carbonyl (C=O) groups is 1. The molecule has 0 saturated carbocycles. The molecule has 152 valence electrons. The maximum Gasteiger partial charge on any atom is 0.247 e. The molecule has 6 nitrogen and oxygen atoms in total. The summed E-state index contributed by atoms with van der Waals surface area (Å²) in [6.07, 6.45) is 6.67. The molecule has 1 saturated heterocycles. The van der Waals surface area contributed by atoms with Crippen LogP contribution in [0.3, 0.4) is 0 Å². The van der Waals surface area contributed by atoms with Crippen molar-refractivity contribution in [2.45, 2.75) is 52.0 Å². The van der Waals surface area contributed by atoms with Crippen molar-refractivity contribution in [3.05, 3.63) is 34.6 Å². The number of unbranched alkanes of at least 4 members (excludes halogenated alkanes) is 3. The average Bonchev–Trinajstić information content (AvgIpc) is 3.17. The summed E-state index contributed by atoms with van der Waals surface area (Å²) in [7, 11) is 0. The molecule has 7 heteroatoms. The van der Waals surface area contributed by atoms with Crippen molar-refractivity contribution in [1.29, 1.82) is 0 Å². The standard InChI is InChI=1S/C21H29BrN4O2/c1-2-3-4-5-12-23-20(27)17-7-6-13-26(14-17)15-19-24-25-21(28-19)16-8-10-18(22)11-9-16/h8-11,17H,2-7,12-15H2,1H3,(H,23,27). The van der Waals surface area contributed by atoms with Crippen LogP contribution in [0.5, 0.6) is 0 Å². The van der Waals surface area contributed by atoms with Gasteiger partial charge >= 0.3 is 0 Å². The molecule has 2 heterocycles. The summed E-state index contributed by atoms with van der Waals surface area (Å²) in [5, 5.41) is 11.5. The number of hydrogen-bond donors (Lipinski definition) is 1. The van der Waals surface area contributed by atoms with E-state index in [1.54, 1.807) is 0 Å². The van der Waals surface area contributed by atoms with Gasteiger partial charge in [0.05, 0.1) is 12.5 Å². The minimum Gasteiger partial charge on any atom is -0.419 e. The van der Waals surface area contributed by atoms with Gasteiger partial charge in [0.15, 0.2) is 0 Å². The molecule has 3 rings (SSSR count). The summed E-state index contributed by atoms with van der Waals surface area (Å²) in [5.41, 5.74) is 0.904. The van der Waals surface area contributed by atoms with E-state index in [1.807, 2.05) is 24.3 Å². The summed E-state index contributed by atoms with van der Waals surface area (Å²) in [6.45, 7) is 5.27. The Morgan fingerprint density at radius 2 is 2.07 bits per heavy atom. The van der Waals surface area contributed by atoms with Crippen molar-refractivity contribution in [1.82, 2.24) is 20.4 Å². The van der Waals surface area contributed by atoms with E-state index in [-0.39, 0.29) is 11.8 Å². The molecule has 1 N–H and O–H groups in total. The SMILES string of the molecule is CCCCCCNC(=O)C1CCCN(Cc2nnc(-c3ccc(Br)cc3)o2)C1. The van der Waals surface area contributed by atoms with E-state index in [0.29, 0.717) is 18.3 Å². The van der Waals surface area contributed by atoms with Gasteiger partial charge < -0.3 is 9.73 Å². The fraction of sp³-hybridized carbons (Fsp3) is 0.571. The third-order valence-corrected chi connectivity index (χ3v) is 5.65. The van der Waals surface area contributed by atoms with E-state index in [9.17, 15) is 4.79 Å². The number of likely N-dealkylation sites (tertiary alicyclic amines) is 1. The molecule has 0 bridgehead atoms. The number of hydrogen-bond acceptors (Lipinski definition) is 5. The Kier molecular flexibility index (Phi) is 8.03. The zero-order valence-corrected chi connectivity index (χ0v) is 18.1. The number of rotatable bonds is 9. The minimum atomic E-state index is 0.0498. The van der Waals surface area contributed by atoms with Crippen molar-refractivity contribution in [2.24, 2.45) is 5.92 Å². The summed E-state index contributed by atoms with van der Waals surface area (Å²) < 4.78 is 6.84. The predicted molar refractivity (Wildman–Crippen MR) is 113 cm³/mol. The van der Waals surface area contributed by atoms with Crippen LogP contribution in [-0.2, 0) is 11.3 Å². The monoisotopic (exact) mass is 448 g/mol. The Labute approximate surface area is 175 Å². The van der Waals surface area contributed by atoms with E-state index in [2.05, 4.69) is 43.3 Å². The Morgan fingerprint density at radius 3 is 2.86 bits per heavy atom. The number of carbonyl (C=O) groups excluding carboxylic acids is 1. The number of nitrogens with one attached hydrogen (secondary N) is 1. The summed E-state index contributed by atoms with van der Waals surface area (Å²) in [4.78, 5) is 14.7. The number of aromatic nitrogens is 2. The molecule has 1 aromatic heterocycles. The van der Waals surface area contributed by atoms with Crippen LogP contribution in [0.15, 0.2) is 33.2 Å². The highest BCUT2D eigenvalue weighted by molar-refractivity contribution is 9.10. The lowest BCUT2D eigenvalue weighted by Gasteiger charge is -2.30. The second-order valence-corrected chi connectivity index (χ2v) is 8.35. The molecule has 1 aliphatic rings. The Balaban J connectivity index is 1.48. The minimum absolute atomic E-state index is 0.0498. The molecule has 1 aromatic carbocycles. The number of amides is 1. The average molecular weight is 449 g/mol. The zero-order valence-electron chi connectivity index (χ0n) is 16.5. The second kappa shape index (κ2) is 10.7. The zero-order chi connectivity index (χ0) is 19.8. The van der Waals surface area contributed by atoms with Gasteiger partial charge in [-0.1, -0.05) is 42.1 Å². The fourth-order valence-corrected chi connectivity index (χ4v) is 3.80.